The third-order valence-electron chi connectivity index (χ3n) is 19.0. The molecule has 23 atom stereocenters. The van der Waals surface area contributed by atoms with Gasteiger partial charge in [-0.15, -0.1) is 0 Å². The summed E-state index contributed by atoms with van der Waals surface area (Å²) in [4.78, 5) is 14.9. The van der Waals surface area contributed by atoms with Gasteiger partial charge in [-0.3, -0.25) is 4.79 Å². The smallest absolute Gasteiger partial charge is 0.315 e. The van der Waals surface area contributed by atoms with Crippen LogP contribution >= 0.6 is 0 Å². The Morgan fingerprint density at radius 3 is 2.00 bits per heavy atom. The van der Waals surface area contributed by atoms with Crippen LogP contribution in [0, 0.1) is 50.2 Å². The number of carbonyl (C=O) groups excluding carboxylic acids is 1. The van der Waals surface area contributed by atoms with E-state index in [2.05, 4.69) is 47.6 Å². The summed E-state index contributed by atoms with van der Waals surface area (Å²) in [5, 5.41) is 116. The number of hydrogen-bond donors (Lipinski definition) is 11. The molecule has 0 unspecified atom stereocenters. The summed E-state index contributed by atoms with van der Waals surface area (Å²) < 4.78 is 35.2. The Hall–Kier alpha value is -1.43. The van der Waals surface area contributed by atoms with Crippen molar-refractivity contribution in [3.8, 4) is 0 Å². The fourth-order valence-corrected chi connectivity index (χ4v) is 14.7. The van der Waals surface area contributed by atoms with Crippen molar-refractivity contribution < 1.29 is 89.4 Å². The highest BCUT2D eigenvalue weighted by Gasteiger charge is 2.70. The predicted molar refractivity (Wildman–Crippen MR) is 226 cm³/mol. The summed E-state index contributed by atoms with van der Waals surface area (Å²) in [6.07, 6.45) is -12.5. The summed E-state index contributed by atoms with van der Waals surface area (Å²) in [5.74, 6) is -0.485. The second kappa shape index (κ2) is 17.8. The Bertz CT molecular complexity index is 1760. The first-order valence-corrected chi connectivity index (χ1v) is 23.9. The zero-order valence-corrected chi connectivity index (χ0v) is 38.6. The van der Waals surface area contributed by atoms with Crippen LogP contribution in [0.15, 0.2) is 11.6 Å². The number of carbonyl (C=O) groups is 1. The number of esters is 1. The summed E-state index contributed by atoms with van der Waals surface area (Å²) >= 11 is 0. The van der Waals surface area contributed by atoms with Gasteiger partial charge in [0.15, 0.2) is 12.6 Å². The van der Waals surface area contributed by atoms with Gasteiger partial charge in [-0.1, -0.05) is 53.2 Å². The van der Waals surface area contributed by atoms with E-state index < -0.39 is 122 Å². The van der Waals surface area contributed by atoms with Crippen molar-refractivity contribution in [2.75, 3.05) is 26.4 Å². The molecule has 0 aromatic carbocycles. The minimum atomic E-state index is -1.81. The van der Waals surface area contributed by atoms with E-state index in [0.717, 1.165) is 38.5 Å². The van der Waals surface area contributed by atoms with E-state index in [1.165, 1.54) is 5.57 Å². The van der Waals surface area contributed by atoms with Gasteiger partial charge < -0.3 is 84.6 Å². The number of hydrogen-bond acceptors (Lipinski definition) is 18. The van der Waals surface area contributed by atoms with E-state index in [4.69, 9.17) is 28.4 Å². The van der Waals surface area contributed by atoms with Crippen LogP contribution in [0.25, 0.3) is 0 Å². The minimum Gasteiger partial charge on any atom is -0.432 e. The van der Waals surface area contributed by atoms with Crippen LogP contribution < -0.4 is 0 Å². The molecule has 0 bridgehead atoms. The lowest BCUT2D eigenvalue weighted by Crippen LogP contribution is -2.67. The van der Waals surface area contributed by atoms with Gasteiger partial charge in [0.1, 0.15) is 67.1 Å². The van der Waals surface area contributed by atoms with E-state index >= 15 is 0 Å². The molecule has 372 valence electrons. The number of aliphatic hydroxyl groups excluding tert-OH is 11. The molecule has 65 heavy (non-hydrogen) atoms. The molecule has 5 aliphatic carbocycles. The van der Waals surface area contributed by atoms with Crippen molar-refractivity contribution in [1.29, 1.82) is 0 Å². The topological polar surface area (TPSA) is 295 Å². The van der Waals surface area contributed by atoms with Crippen molar-refractivity contribution in [3.63, 3.8) is 0 Å². The van der Waals surface area contributed by atoms with Gasteiger partial charge in [-0.05, 0) is 104 Å². The Kier molecular flexibility index (Phi) is 13.7. The lowest BCUT2D eigenvalue weighted by Gasteiger charge is -2.71. The second-order valence-electron chi connectivity index (χ2n) is 22.9. The summed E-state index contributed by atoms with van der Waals surface area (Å²) in [6.45, 7) is 12.1. The monoisotopic (exact) mass is 929 g/mol. The summed E-state index contributed by atoms with van der Waals surface area (Å²) in [6, 6.07) is 0. The molecule has 4 saturated carbocycles. The van der Waals surface area contributed by atoms with Crippen LogP contribution in [0.2, 0.25) is 0 Å². The van der Waals surface area contributed by atoms with Crippen molar-refractivity contribution in [2.24, 2.45) is 50.2 Å². The molecule has 3 aliphatic heterocycles. The molecule has 8 aliphatic rings. The quantitative estimate of drug-likeness (QED) is 0.0808. The van der Waals surface area contributed by atoms with Gasteiger partial charge in [-0.2, -0.15) is 0 Å². The average Bonchev–Trinajstić information content (AvgIpc) is 3.26. The molecular weight excluding hydrogens is 852 g/mol. The molecule has 18 nitrogen and oxygen atoms in total. The van der Waals surface area contributed by atoms with Crippen LogP contribution in [-0.2, 0) is 33.2 Å². The maximum absolute atomic E-state index is 14.9. The van der Waals surface area contributed by atoms with E-state index in [1.54, 1.807) is 0 Å². The Labute approximate surface area is 380 Å². The van der Waals surface area contributed by atoms with Crippen molar-refractivity contribution >= 4 is 5.97 Å². The number of rotatable bonds is 9. The normalized spacial score (nSPS) is 54.3. The average molecular weight is 929 g/mol. The van der Waals surface area contributed by atoms with Gasteiger partial charge in [0.05, 0.1) is 37.9 Å². The first kappa shape index (κ1) is 50.0. The van der Waals surface area contributed by atoms with Crippen LogP contribution in [0.1, 0.15) is 106 Å². The molecule has 0 aromatic rings. The zero-order valence-electron chi connectivity index (χ0n) is 38.6. The maximum Gasteiger partial charge on any atom is 0.315 e. The lowest BCUT2D eigenvalue weighted by atomic mass is 9.33. The first-order valence-electron chi connectivity index (χ1n) is 23.9. The van der Waals surface area contributed by atoms with Crippen molar-refractivity contribution in [2.45, 2.75) is 198 Å². The van der Waals surface area contributed by atoms with E-state index in [-0.39, 0.29) is 52.6 Å². The first-order chi connectivity index (χ1) is 30.4. The molecule has 0 amide bonds. The fraction of sp³-hybridized carbons (Fsp3) is 0.936. The van der Waals surface area contributed by atoms with E-state index in [0.29, 0.717) is 25.7 Å². The molecule has 0 spiro atoms. The molecule has 18 heteroatoms. The fourth-order valence-electron chi connectivity index (χ4n) is 14.7. The van der Waals surface area contributed by atoms with Crippen molar-refractivity contribution in [3.05, 3.63) is 11.6 Å². The van der Waals surface area contributed by atoms with Crippen LogP contribution in [0.5, 0.6) is 0 Å². The molecule has 11 N–H and O–H groups in total. The molecule has 0 radical (unpaired) electrons. The molecular formula is C47H76O18. The molecule has 0 aromatic heterocycles. The van der Waals surface area contributed by atoms with Crippen LogP contribution in [0.3, 0.4) is 0 Å². The van der Waals surface area contributed by atoms with Gasteiger partial charge >= 0.3 is 5.97 Å². The second-order valence-corrected chi connectivity index (χ2v) is 22.9. The van der Waals surface area contributed by atoms with Crippen LogP contribution in [0.4, 0.5) is 0 Å². The Morgan fingerprint density at radius 1 is 0.692 bits per heavy atom. The van der Waals surface area contributed by atoms with E-state index in [9.17, 15) is 61.0 Å². The number of allylic oxidation sites excluding steroid dienone is 2. The van der Waals surface area contributed by atoms with Gasteiger partial charge in [0.25, 0.3) is 0 Å². The zero-order chi connectivity index (χ0) is 47.4. The Morgan fingerprint density at radius 2 is 1.32 bits per heavy atom. The third kappa shape index (κ3) is 7.89. The number of aliphatic hydroxyl groups is 11. The Balaban J connectivity index is 1.02. The summed E-state index contributed by atoms with van der Waals surface area (Å²) in [5.41, 5.74) is -1.23. The highest BCUT2D eigenvalue weighted by molar-refractivity contribution is 5.79. The minimum absolute atomic E-state index is 0.0557. The SMILES string of the molecule is CC1(C)CC[C@]2(C(=O)O[C@@H]3O[C@H](CO[C@H]4O[C@H](CO)[C@@H](O)[C@H](O)[C@H]4O)[C@@H](O)[C@H](O)[C@H]3O)CC[C@]3(C)C(=CC[C@@H]4[C@@]5(C)CC[C@H](O[C@@H]6OC[C@H](O)[C@H](O)[C@H]6O)[C@@](C)(CO)[C@@H]5CC[C@]43C)[C@@H]2C1. The van der Waals surface area contributed by atoms with Crippen molar-refractivity contribution in [1.82, 2.24) is 0 Å². The lowest BCUT2D eigenvalue weighted by molar-refractivity contribution is -0.328. The standard InChI is InChI=1S/C47H76O18/c1-42(2)13-15-47(41(59)65-40-37(58)34(55)32(53)26(63-40)20-61-38-36(57)33(54)31(52)25(18-48)62-38)16-14-45(5)22(23(47)17-42)7-8-28-43(3)11-10-29(64-39-35(56)30(51)24(50)19-60-39)44(4,21-49)27(43)9-12-46(28,45)6/h7,23-40,48-58H,8-21H2,1-6H3/t23-,24-,25+,26+,27+,28+,29-,30-,31+,32+,33-,34-,35+,36+,37+,38-,39-,40-,43-,44-,45+,46+,47-/m0/s1. The van der Waals surface area contributed by atoms with Crippen LogP contribution in [-0.4, -0.2) is 181 Å². The molecule has 7 fully saturated rings. The maximum atomic E-state index is 14.9. The molecule has 8 rings (SSSR count). The highest BCUT2D eigenvalue weighted by atomic mass is 16.7. The largest absolute Gasteiger partial charge is 0.432 e. The third-order valence-corrected chi connectivity index (χ3v) is 19.0. The number of ether oxygens (including phenoxy) is 6. The highest BCUT2D eigenvalue weighted by Crippen LogP contribution is 2.76. The summed E-state index contributed by atoms with van der Waals surface area (Å²) in [7, 11) is 0. The van der Waals surface area contributed by atoms with Gasteiger partial charge in [0, 0.05) is 5.41 Å². The predicted octanol–water partition coefficient (Wildman–Crippen LogP) is -0.248. The number of fused-ring (bicyclic) bond motifs is 7. The molecule has 3 saturated heterocycles. The van der Waals surface area contributed by atoms with E-state index in [1.807, 2.05) is 0 Å². The molecule has 3 heterocycles. The van der Waals surface area contributed by atoms with Gasteiger partial charge in [-0.25, -0.2) is 0 Å². The van der Waals surface area contributed by atoms with Gasteiger partial charge in [0.2, 0.25) is 6.29 Å².